The topological polar surface area (TPSA) is 66.5 Å². The molecule has 0 saturated heterocycles. The molecule has 0 atom stereocenters. The number of rotatable bonds is 5. The largest absolute Gasteiger partial charge is 0.490 e. The lowest BCUT2D eigenvalue weighted by molar-refractivity contribution is 0.0439. The van der Waals surface area contributed by atoms with Gasteiger partial charge in [-0.2, -0.15) is 0 Å². The van der Waals surface area contributed by atoms with E-state index in [1.165, 1.54) is 0 Å². The first kappa shape index (κ1) is 14.5. The number of carbonyl (C=O) groups is 1. The summed E-state index contributed by atoms with van der Waals surface area (Å²) in [4.78, 5) is 11.8. The molecule has 1 aromatic heterocycles. The van der Waals surface area contributed by atoms with E-state index in [2.05, 4.69) is 15.9 Å². The second-order valence-corrected chi connectivity index (χ2v) is 5.12. The molecule has 0 amide bonds. The number of nitrogens with two attached hydrogens (primary N) is 1. The Bertz CT molecular complexity index is 593. The number of aryl methyl sites for hydroxylation is 1. The first-order valence-electron chi connectivity index (χ1n) is 6.03. The van der Waals surface area contributed by atoms with Crippen molar-refractivity contribution in [2.24, 2.45) is 7.05 Å². The fraction of sp³-hybridized carbons (Fsp3) is 0.214. The number of nitrogen functional groups attached to an aromatic ring is 1. The minimum absolute atomic E-state index is 0.181. The van der Waals surface area contributed by atoms with Crippen molar-refractivity contribution < 1.29 is 14.3 Å². The average Bonchev–Trinajstić information content (AvgIpc) is 2.75. The maximum atomic E-state index is 11.8. The molecule has 20 heavy (non-hydrogen) atoms. The van der Waals surface area contributed by atoms with E-state index in [4.69, 9.17) is 15.2 Å². The highest BCUT2D eigenvalue weighted by Crippen LogP contribution is 2.16. The van der Waals surface area contributed by atoms with Gasteiger partial charge < -0.3 is 19.8 Å². The van der Waals surface area contributed by atoms with Crippen molar-refractivity contribution in [3.63, 3.8) is 0 Å². The zero-order valence-electron chi connectivity index (χ0n) is 11.0. The van der Waals surface area contributed by atoms with E-state index in [1.54, 1.807) is 23.9 Å². The van der Waals surface area contributed by atoms with Crippen molar-refractivity contribution in [3.8, 4) is 5.75 Å². The van der Waals surface area contributed by atoms with Gasteiger partial charge in [-0.05, 0) is 30.3 Å². The lowest BCUT2D eigenvalue weighted by Gasteiger charge is -2.07. The number of halogens is 1. The Kier molecular flexibility index (Phi) is 4.68. The number of benzene rings is 1. The molecule has 0 bridgehead atoms. The summed E-state index contributed by atoms with van der Waals surface area (Å²) in [7, 11) is 1.74. The molecule has 0 fully saturated rings. The third-order valence-electron chi connectivity index (χ3n) is 2.63. The van der Waals surface area contributed by atoms with Gasteiger partial charge >= 0.3 is 5.97 Å². The van der Waals surface area contributed by atoms with Crippen LogP contribution in [0.3, 0.4) is 0 Å². The number of nitrogens with zero attached hydrogens (tertiary/aromatic N) is 1. The summed E-state index contributed by atoms with van der Waals surface area (Å²) in [6.07, 6.45) is 1.66. The number of hydrogen-bond acceptors (Lipinski definition) is 4. The van der Waals surface area contributed by atoms with E-state index in [-0.39, 0.29) is 6.61 Å². The number of esters is 1. The van der Waals surface area contributed by atoms with Crippen LogP contribution >= 0.6 is 15.9 Å². The van der Waals surface area contributed by atoms with Crippen LogP contribution in [0.2, 0.25) is 0 Å². The van der Waals surface area contributed by atoms with Gasteiger partial charge in [-0.1, -0.05) is 15.9 Å². The van der Waals surface area contributed by atoms with Crippen molar-refractivity contribution in [2.45, 2.75) is 0 Å². The molecule has 2 N–H and O–H groups in total. The van der Waals surface area contributed by atoms with Crippen LogP contribution in [0.15, 0.2) is 41.0 Å². The van der Waals surface area contributed by atoms with Crippen molar-refractivity contribution in [1.29, 1.82) is 0 Å². The molecule has 1 aromatic carbocycles. The van der Waals surface area contributed by atoms with Gasteiger partial charge in [0.2, 0.25) is 0 Å². The fourth-order valence-electron chi connectivity index (χ4n) is 1.69. The van der Waals surface area contributed by atoms with E-state index in [0.29, 0.717) is 18.0 Å². The van der Waals surface area contributed by atoms with Crippen LogP contribution < -0.4 is 10.5 Å². The second-order valence-electron chi connectivity index (χ2n) is 4.21. The van der Waals surface area contributed by atoms with E-state index >= 15 is 0 Å². The van der Waals surface area contributed by atoms with Crippen LogP contribution in [0.4, 0.5) is 5.69 Å². The maximum Gasteiger partial charge on any atom is 0.355 e. The predicted molar refractivity (Wildman–Crippen MR) is 79.7 cm³/mol. The van der Waals surface area contributed by atoms with E-state index in [1.807, 2.05) is 24.3 Å². The molecule has 1 heterocycles. The quantitative estimate of drug-likeness (QED) is 0.672. The normalized spacial score (nSPS) is 10.3. The highest BCUT2D eigenvalue weighted by atomic mass is 79.9. The Morgan fingerprint density at radius 2 is 2.00 bits per heavy atom. The molecule has 0 radical (unpaired) electrons. The van der Waals surface area contributed by atoms with Gasteiger partial charge in [0.05, 0.1) is 5.69 Å². The zero-order valence-corrected chi connectivity index (χ0v) is 12.6. The maximum absolute atomic E-state index is 11.8. The Morgan fingerprint density at radius 1 is 1.30 bits per heavy atom. The SMILES string of the molecule is Cn1cc(N)cc1C(=O)OCCOc1ccc(Br)cc1. The summed E-state index contributed by atoms with van der Waals surface area (Å²) in [5.41, 5.74) is 6.56. The molecular formula is C14H15BrN2O3. The molecule has 2 aromatic rings. The van der Waals surface area contributed by atoms with Crippen LogP contribution in [0.1, 0.15) is 10.5 Å². The highest BCUT2D eigenvalue weighted by Gasteiger charge is 2.12. The standard InChI is InChI=1S/C14H15BrN2O3/c1-17-9-11(16)8-13(17)14(18)20-7-6-19-12-4-2-10(15)3-5-12/h2-5,8-9H,6-7,16H2,1H3. The summed E-state index contributed by atoms with van der Waals surface area (Å²) < 4.78 is 13.2. The Hall–Kier alpha value is -1.95. The molecule has 0 aliphatic heterocycles. The van der Waals surface area contributed by atoms with Crippen LogP contribution in [0.5, 0.6) is 5.75 Å². The van der Waals surface area contributed by atoms with Gasteiger partial charge in [0.15, 0.2) is 0 Å². The second kappa shape index (κ2) is 6.47. The molecule has 5 nitrogen and oxygen atoms in total. The summed E-state index contributed by atoms with van der Waals surface area (Å²) >= 11 is 3.34. The predicted octanol–water partition coefficient (Wildman–Crippen LogP) is 2.61. The first-order valence-corrected chi connectivity index (χ1v) is 6.83. The lowest BCUT2D eigenvalue weighted by atomic mass is 10.3. The fourth-order valence-corrected chi connectivity index (χ4v) is 1.96. The number of hydrogen-bond donors (Lipinski definition) is 1. The summed E-state index contributed by atoms with van der Waals surface area (Å²) in [5, 5.41) is 0. The molecule has 0 saturated carbocycles. The summed E-state index contributed by atoms with van der Waals surface area (Å²) in [6.45, 7) is 0.479. The van der Waals surface area contributed by atoms with Crippen LogP contribution in [0, 0.1) is 0 Å². The van der Waals surface area contributed by atoms with Gasteiger partial charge in [0.1, 0.15) is 24.7 Å². The van der Waals surface area contributed by atoms with E-state index in [9.17, 15) is 4.79 Å². The molecule has 6 heteroatoms. The number of aromatic nitrogens is 1. The monoisotopic (exact) mass is 338 g/mol. The minimum Gasteiger partial charge on any atom is -0.490 e. The molecule has 0 aliphatic rings. The van der Waals surface area contributed by atoms with Crippen molar-refractivity contribution in [1.82, 2.24) is 4.57 Å². The third-order valence-corrected chi connectivity index (χ3v) is 3.16. The van der Waals surface area contributed by atoms with Crippen LogP contribution in [-0.4, -0.2) is 23.8 Å². The minimum atomic E-state index is -0.413. The van der Waals surface area contributed by atoms with Gasteiger partial charge in [-0.3, -0.25) is 0 Å². The number of carbonyl (C=O) groups excluding carboxylic acids is 1. The zero-order chi connectivity index (χ0) is 14.5. The van der Waals surface area contributed by atoms with Crippen molar-refractivity contribution in [2.75, 3.05) is 18.9 Å². The molecule has 2 rings (SSSR count). The van der Waals surface area contributed by atoms with Crippen molar-refractivity contribution in [3.05, 3.63) is 46.7 Å². The molecule has 0 aliphatic carbocycles. The Morgan fingerprint density at radius 3 is 2.60 bits per heavy atom. The van der Waals surface area contributed by atoms with E-state index < -0.39 is 5.97 Å². The van der Waals surface area contributed by atoms with Crippen molar-refractivity contribution >= 4 is 27.6 Å². The third kappa shape index (κ3) is 3.77. The molecular weight excluding hydrogens is 324 g/mol. The van der Waals surface area contributed by atoms with Gasteiger partial charge in [-0.15, -0.1) is 0 Å². The van der Waals surface area contributed by atoms with Gasteiger partial charge in [0, 0.05) is 17.7 Å². The van der Waals surface area contributed by atoms with Crippen LogP contribution in [-0.2, 0) is 11.8 Å². The number of anilines is 1. The molecule has 106 valence electrons. The average molecular weight is 339 g/mol. The molecule has 0 spiro atoms. The van der Waals surface area contributed by atoms with Crippen LogP contribution in [0.25, 0.3) is 0 Å². The molecule has 0 unspecified atom stereocenters. The van der Waals surface area contributed by atoms with Gasteiger partial charge in [-0.25, -0.2) is 4.79 Å². The summed E-state index contributed by atoms with van der Waals surface area (Å²) in [6, 6.07) is 9.02. The smallest absolute Gasteiger partial charge is 0.355 e. The Labute approximate surface area is 125 Å². The number of ether oxygens (including phenoxy) is 2. The summed E-state index contributed by atoms with van der Waals surface area (Å²) in [5.74, 6) is 0.316. The van der Waals surface area contributed by atoms with Gasteiger partial charge in [0.25, 0.3) is 0 Å². The Balaban J connectivity index is 1.77. The first-order chi connectivity index (χ1) is 9.56. The van der Waals surface area contributed by atoms with E-state index in [0.717, 1.165) is 10.2 Å². The lowest BCUT2D eigenvalue weighted by Crippen LogP contribution is -2.14. The highest BCUT2D eigenvalue weighted by molar-refractivity contribution is 9.10.